The number of para-hydroxylation sites is 1. The third-order valence-electron chi connectivity index (χ3n) is 5.67. The van der Waals surface area contributed by atoms with E-state index in [1.165, 1.54) is 32.1 Å². The summed E-state index contributed by atoms with van der Waals surface area (Å²) in [5.41, 5.74) is 0.453. The van der Waals surface area contributed by atoms with Crippen molar-refractivity contribution in [2.24, 2.45) is 0 Å². The highest BCUT2D eigenvalue weighted by Gasteiger charge is 2.21. The molecule has 0 heterocycles. The molecule has 0 amide bonds. The number of ether oxygens (including phenoxy) is 3. The van der Waals surface area contributed by atoms with E-state index in [-0.39, 0.29) is 23.8 Å². The van der Waals surface area contributed by atoms with E-state index in [9.17, 15) is 9.59 Å². The number of carbonyl (C=O) groups excluding carboxylic acids is 2. The highest BCUT2D eigenvalue weighted by atomic mass is 16.6. The van der Waals surface area contributed by atoms with Gasteiger partial charge in [-0.25, -0.2) is 9.59 Å². The number of carbonyl (C=O) groups is 2. The van der Waals surface area contributed by atoms with Crippen molar-refractivity contribution in [3.63, 3.8) is 0 Å². The van der Waals surface area contributed by atoms with Crippen LogP contribution in [-0.4, -0.2) is 31.3 Å². The number of unbranched alkanes of at least 4 members (excludes halogenated alkanes) is 7. The van der Waals surface area contributed by atoms with Crippen molar-refractivity contribution in [2.45, 2.75) is 84.2 Å². The van der Waals surface area contributed by atoms with Gasteiger partial charge >= 0.3 is 11.9 Å². The number of benzene rings is 2. The highest BCUT2D eigenvalue weighted by Crippen LogP contribution is 2.18. The van der Waals surface area contributed by atoms with Gasteiger partial charge in [0.05, 0.1) is 17.7 Å². The van der Waals surface area contributed by atoms with E-state index in [0.717, 1.165) is 37.9 Å². The van der Waals surface area contributed by atoms with Crippen LogP contribution in [0.15, 0.2) is 54.6 Å². The largest absolute Gasteiger partial charge is 0.487 e. The molecule has 34 heavy (non-hydrogen) atoms. The number of hydrogen-bond donors (Lipinski definition) is 0. The lowest BCUT2D eigenvalue weighted by Crippen LogP contribution is -2.26. The van der Waals surface area contributed by atoms with Gasteiger partial charge in [0.25, 0.3) is 0 Å². The van der Waals surface area contributed by atoms with Crippen LogP contribution in [0.3, 0.4) is 0 Å². The summed E-state index contributed by atoms with van der Waals surface area (Å²) in [6, 6.07) is 16.2. The first kappa shape index (κ1) is 27.4. The Morgan fingerprint density at radius 1 is 0.676 bits per heavy atom. The minimum absolute atomic E-state index is 0.128. The van der Waals surface area contributed by atoms with Gasteiger partial charge in [0.1, 0.15) is 18.5 Å². The van der Waals surface area contributed by atoms with Crippen LogP contribution in [0.1, 0.15) is 98.8 Å². The lowest BCUT2D eigenvalue weighted by Gasteiger charge is -2.19. The van der Waals surface area contributed by atoms with E-state index in [1.54, 1.807) is 24.3 Å². The first-order chi connectivity index (χ1) is 16.7. The molecule has 5 heteroatoms. The van der Waals surface area contributed by atoms with Crippen molar-refractivity contribution in [2.75, 3.05) is 13.2 Å². The molecule has 0 fully saturated rings. The summed E-state index contributed by atoms with van der Waals surface area (Å²) >= 11 is 0. The first-order valence-electron chi connectivity index (χ1n) is 12.8. The van der Waals surface area contributed by atoms with Gasteiger partial charge in [-0.05, 0) is 43.5 Å². The second-order valence-electron chi connectivity index (χ2n) is 8.60. The molecule has 0 saturated heterocycles. The van der Waals surface area contributed by atoms with Crippen molar-refractivity contribution in [1.82, 2.24) is 0 Å². The second kappa shape index (κ2) is 16.7. The van der Waals surface area contributed by atoms with E-state index in [0.29, 0.717) is 6.61 Å². The summed E-state index contributed by atoms with van der Waals surface area (Å²) in [5.74, 6) is -0.281. The van der Waals surface area contributed by atoms with E-state index >= 15 is 0 Å². The fourth-order valence-corrected chi connectivity index (χ4v) is 3.67. The van der Waals surface area contributed by atoms with Crippen molar-refractivity contribution < 1.29 is 23.8 Å². The van der Waals surface area contributed by atoms with Gasteiger partial charge in [0, 0.05) is 0 Å². The molecule has 0 saturated carbocycles. The molecule has 0 aliphatic rings. The minimum Gasteiger partial charge on any atom is -0.487 e. The molecule has 1 unspecified atom stereocenters. The maximum absolute atomic E-state index is 12.8. The second-order valence-corrected chi connectivity index (χ2v) is 8.60. The maximum Gasteiger partial charge on any atom is 0.339 e. The smallest absolute Gasteiger partial charge is 0.339 e. The molecular formula is C29H40O5. The van der Waals surface area contributed by atoms with Crippen molar-refractivity contribution in [3.05, 3.63) is 65.7 Å². The van der Waals surface area contributed by atoms with Crippen LogP contribution in [0, 0.1) is 0 Å². The van der Waals surface area contributed by atoms with E-state index in [1.807, 2.05) is 37.3 Å². The topological polar surface area (TPSA) is 61.8 Å². The molecular weight excluding hydrogens is 428 g/mol. The molecule has 0 radical (unpaired) electrons. The monoisotopic (exact) mass is 468 g/mol. The normalized spacial score (nSPS) is 11.6. The van der Waals surface area contributed by atoms with Crippen LogP contribution < -0.4 is 4.74 Å². The summed E-state index contributed by atoms with van der Waals surface area (Å²) < 4.78 is 17.0. The Labute approximate surface area is 204 Å². The summed E-state index contributed by atoms with van der Waals surface area (Å²) in [5, 5.41) is 0. The molecule has 0 spiro atoms. The highest BCUT2D eigenvalue weighted by molar-refractivity contribution is 6.03. The van der Waals surface area contributed by atoms with Crippen molar-refractivity contribution >= 4 is 11.9 Å². The summed E-state index contributed by atoms with van der Waals surface area (Å²) in [6.07, 6.45) is 10.7. The Kier molecular flexibility index (Phi) is 13.5. The summed E-state index contributed by atoms with van der Waals surface area (Å²) in [4.78, 5) is 25.3. The summed E-state index contributed by atoms with van der Waals surface area (Å²) in [7, 11) is 0. The van der Waals surface area contributed by atoms with E-state index in [4.69, 9.17) is 14.2 Å². The van der Waals surface area contributed by atoms with E-state index in [2.05, 4.69) is 6.92 Å². The van der Waals surface area contributed by atoms with Gasteiger partial charge in [0.2, 0.25) is 0 Å². The molecule has 186 valence electrons. The predicted octanol–water partition coefficient (Wildman–Crippen LogP) is 7.39. The summed E-state index contributed by atoms with van der Waals surface area (Å²) in [6.45, 7) is 4.72. The predicted molar refractivity (Wildman–Crippen MR) is 135 cm³/mol. The zero-order chi connectivity index (χ0) is 24.4. The van der Waals surface area contributed by atoms with Gasteiger partial charge in [-0.1, -0.05) is 89.1 Å². The standard InChI is InChI=1S/C29H40O5/c1-3-5-7-8-9-10-12-19-25(34-24-17-13-11-14-18-24)23-33-29(31)27-21-16-15-20-26(27)28(30)32-22-6-4-2/h11,13-18,20-21,25H,3-10,12,19,22-23H2,1-2H3. The molecule has 0 aliphatic carbocycles. The van der Waals surface area contributed by atoms with E-state index < -0.39 is 11.9 Å². The Morgan fingerprint density at radius 3 is 1.88 bits per heavy atom. The zero-order valence-electron chi connectivity index (χ0n) is 20.8. The van der Waals surface area contributed by atoms with Gasteiger partial charge < -0.3 is 14.2 Å². The molecule has 1 atom stereocenters. The molecule has 2 aromatic rings. The van der Waals surface area contributed by atoms with Gasteiger partial charge in [-0.2, -0.15) is 0 Å². The molecule has 0 N–H and O–H groups in total. The van der Waals surface area contributed by atoms with Crippen molar-refractivity contribution in [1.29, 1.82) is 0 Å². The van der Waals surface area contributed by atoms with Crippen molar-refractivity contribution in [3.8, 4) is 5.75 Å². The molecule has 5 nitrogen and oxygen atoms in total. The average molecular weight is 469 g/mol. The molecule has 0 bridgehead atoms. The van der Waals surface area contributed by atoms with Crippen LogP contribution in [0.4, 0.5) is 0 Å². The number of hydrogen-bond acceptors (Lipinski definition) is 5. The first-order valence-corrected chi connectivity index (χ1v) is 12.8. The molecule has 2 aromatic carbocycles. The Morgan fingerprint density at radius 2 is 1.24 bits per heavy atom. The molecule has 0 aromatic heterocycles. The minimum atomic E-state index is -0.538. The maximum atomic E-state index is 12.8. The Bertz CT molecular complexity index is 833. The zero-order valence-corrected chi connectivity index (χ0v) is 20.8. The SMILES string of the molecule is CCCCCCCCCC(COC(=O)c1ccccc1C(=O)OCCCC)Oc1ccccc1. The number of rotatable bonds is 17. The van der Waals surface area contributed by atoms with Crippen LogP contribution in [0.5, 0.6) is 5.75 Å². The third-order valence-corrected chi connectivity index (χ3v) is 5.67. The quantitative estimate of drug-likeness (QED) is 0.179. The third kappa shape index (κ3) is 10.4. The fourth-order valence-electron chi connectivity index (χ4n) is 3.67. The van der Waals surface area contributed by atoms with Crippen LogP contribution >= 0.6 is 0 Å². The molecule has 0 aliphatic heterocycles. The number of esters is 2. The lowest BCUT2D eigenvalue weighted by molar-refractivity contribution is 0.0283. The van der Waals surface area contributed by atoms with Crippen LogP contribution in [0.2, 0.25) is 0 Å². The Hall–Kier alpha value is -2.82. The average Bonchev–Trinajstić information content (AvgIpc) is 2.87. The Balaban J connectivity index is 1.93. The van der Waals surface area contributed by atoms with Crippen LogP contribution in [0.25, 0.3) is 0 Å². The van der Waals surface area contributed by atoms with Gasteiger partial charge in [0.15, 0.2) is 0 Å². The lowest BCUT2D eigenvalue weighted by atomic mass is 10.1. The molecule has 2 rings (SSSR count). The fraction of sp³-hybridized carbons (Fsp3) is 0.517. The van der Waals surface area contributed by atoms with Gasteiger partial charge in [-0.3, -0.25) is 0 Å². The van der Waals surface area contributed by atoms with Gasteiger partial charge in [-0.15, -0.1) is 0 Å². The van der Waals surface area contributed by atoms with Crippen LogP contribution in [-0.2, 0) is 9.47 Å².